The van der Waals surface area contributed by atoms with Gasteiger partial charge in [-0.15, -0.1) is 11.3 Å². The first kappa shape index (κ1) is 19.3. The number of benzene rings is 2. The maximum Gasteiger partial charge on any atom is 0.257 e. The van der Waals surface area contributed by atoms with Gasteiger partial charge >= 0.3 is 0 Å². The lowest BCUT2D eigenvalue weighted by Gasteiger charge is -2.18. The van der Waals surface area contributed by atoms with Crippen LogP contribution in [0.5, 0.6) is 0 Å². The lowest BCUT2D eigenvalue weighted by molar-refractivity contribution is 0.102. The van der Waals surface area contributed by atoms with Crippen LogP contribution in [0, 0.1) is 0 Å². The summed E-state index contributed by atoms with van der Waals surface area (Å²) in [4.78, 5) is 17.1. The Labute approximate surface area is 165 Å². The van der Waals surface area contributed by atoms with Crippen LogP contribution in [0.4, 0.5) is 5.13 Å². The molecule has 0 saturated carbocycles. The molecule has 0 aliphatic rings. The van der Waals surface area contributed by atoms with Gasteiger partial charge in [-0.2, -0.15) is 0 Å². The van der Waals surface area contributed by atoms with Crippen LogP contribution >= 0.6 is 11.3 Å². The number of nitrogens with one attached hydrogen (secondary N) is 1. The second-order valence-electron chi connectivity index (χ2n) is 8.10. The van der Waals surface area contributed by atoms with E-state index in [1.807, 2.05) is 29.6 Å². The van der Waals surface area contributed by atoms with Crippen LogP contribution in [-0.2, 0) is 5.41 Å². The van der Waals surface area contributed by atoms with Crippen LogP contribution in [0.1, 0.15) is 62.0 Å². The van der Waals surface area contributed by atoms with Crippen LogP contribution in [-0.4, -0.2) is 10.9 Å². The molecule has 3 nitrogen and oxygen atoms in total. The summed E-state index contributed by atoms with van der Waals surface area (Å²) in [6.07, 6.45) is 0. The highest BCUT2D eigenvalue weighted by atomic mass is 32.1. The summed E-state index contributed by atoms with van der Waals surface area (Å²) in [5.41, 5.74) is 5.17. The molecule has 0 fully saturated rings. The van der Waals surface area contributed by atoms with Gasteiger partial charge in [-0.05, 0) is 34.6 Å². The molecule has 0 atom stereocenters. The van der Waals surface area contributed by atoms with E-state index in [2.05, 4.69) is 69.2 Å². The topological polar surface area (TPSA) is 42.0 Å². The van der Waals surface area contributed by atoms with Crippen LogP contribution < -0.4 is 5.32 Å². The van der Waals surface area contributed by atoms with Gasteiger partial charge in [0.1, 0.15) is 0 Å². The first-order chi connectivity index (χ1) is 12.7. The summed E-state index contributed by atoms with van der Waals surface area (Å²) < 4.78 is 0. The molecule has 1 N–H and O–H groups in total. The molecular formula is C23H26N2OS. The van der Waals surface area contributed by atoms with Crippen molar-refractivity contribution in [3.05, 3.63) is 70.6 Å². The maximum absolute atomic E-state index is 12.5. The number of nitrogens with zero attached hydrogens (tertiary/aromatic N) is 1. The SMILES string of the molecule is CC(C)c1ccc(-c2csc(NC(=O)c3ccc(C(C)(C)C)cc3)n2)cc1. The number of hydrogen-bond acceptors (Lipinski definition) is 3. The Morgan fingerprint density at radius 2 is 1.63 bits per heavy atom. The first-order valence-electron chi connectivity index (χ1n) is 9.22. The summed E-state index contributed by atoms with van der Waals surface area (Å²) >= 11 is 1.44. The summed E-state index contributed by atoms with van der Waals surface area (Å²) in [6.45, 7) is 10.8. The van der Waals surface area contributed by atoms with E-state index in [1.165, 1.54) is 22.5 Å². The monoisotopic (exact) mass is 378 g/mol. The Bertz CT molecular complexity index is 916. The molecular weight excluding hydrogens is 352 g/mol. The van der Waals surface area contributed by atoms with Gasteiger partial charge in [0.15, 0.2) is 5.13 Å². The molecule has 0 bridgehead atoms. The van der Waals surface area contributed by atoms with Crippen molar-refractivity contribution in [2.24, 2.45) is 0 Å². The van der Waals surface area contributed by atoms with Crippen molar-refractivity contribution in [3.63, 3.8) is 0 Å². The molecule has 2 aromatic carbocycles. The number of thiazole rings is 1. The number of hydrogen-bond donors (Lipinski definition) is 1. The second-order valence-corrected chi connectivity index (χ2v) is 8.95. The number of aromatic nitrogens is 1. The standard InChI is InChI=1S/C23H26N2OS/c1-15(2)16-6-8-17(9-7-16)20-14-27-22(24-20)25-21(26)18-10-12-19(13-11-18)23(3,4)5/h6-15H,1-5H3,(H,24,25,26). The Balaban J connectivity index is 1.70. The van der Waals surface area contributed by atoms with Gasteiger partial charge in [-0.1, -0.05) is 71.0 Å². The second kappa shape index (κ2) is 7.65. The quantitative estimate of drug-likeness (QED) is 0.564. The normalized spacial score (nSPS) is 11.6. The van der Waals surface area contributed by atoms with Gasteiger partial charge < -0.3 is 0 Å². The third-order valence-electron chi connectivity index (χ3n) is 4.61. The molecule has 1 amide bonds. The van der Waals surface area contributed by atoms with E-state index >= 15 is 0 Å². The Kier molecular flexibility index (Phi) is 5.47. The van der Waals surface area contributed by atoms with E-state index in [1.54, 1.807) is 0 Å². The summed E-state index contributed by atoms with van der Waals surface area (Å²) in [7, 11) is 0. The van der Waals surface area contributed by atoms with E-state index < -0.39 is 0 Å². The van der Waals surface area contributed by atoms with Crippen LogP contribution in [0.15, 0.2) is 53.9 Å². The summed E-state index contributed by atoms with van der Waals surface area (Å²) in [5.74, 6) is 0.375. The smallest absolute Gasteiger partial charge is 0.257 e. The van der Waals surface area contributed by atoms with Gasteiger partial charge in [-0.3, -0.25) is 10.1 Å². The summed E-state index contributed by atoms with van der Waals surface area (Å²) in [6, 6.07) is 16.2. The number of amides is 1. The predicted molar refractivity (Wildman–Crippen MR) is 115 cm³/mol. The van der Waals surface area contributed by atoms with Crippen molar-refractivity contribution in [1.29, 1.82) is 0 Å². The number of carbonyl (C=O) groups is 1. The highest BCUT2D eigenvalue weighted by molar-refractivity contribution is 7.14. The van der Waals surface area contributed by atoms with E-state index in [-0.39, 0.29) is 11.3 Å². The predicted octanol–water partition coefficient (Wildman–Crippen LogP) is 6.48. The minimum atomic E-state index is -0.133. The van der Waals surface area contributed by atoms with Crippen molar-refractivity contribution in [2.75, 3.05) is 5.32 Å². The molecule has 3 aromatic rings. The highest BCUT2D eigenvalue weighted by Crippen LogP contribution is 2.27. The fourth-order valence-electron chi connectivity index (χ4n) is 2.79. The van der Waals surface area contributed by atoms with Crippen molar-refractivity contribution in [1.82, 2.24) is 4.98 Å². The zero-order valence-corrected chi connectivity index (χ0v) is 17.4. The van der Waals surface area contributed by atoms with Gasteiger partial charge in [-0.25, -0.2) is 4.98 Å². The van der Waals surface area contributed by atoms with E-state index in [9.17, 15) is 4.79 Å². The Hall–Kier alpha value is -2.46. The van der Waals surface area contributed by atoms with Crippen LogP contribution in [0.2, 0.25) is 0 Å². The van der Waals surface area contributed by atoms with Crippen LogP contribution in [0.25, 0.3) is 11.3 Å². The van der Waals surface area contributed by atoms with Gasteiger partial charge in [0.2, 0.25) is 0 Å². The van der Waals surface area contributed by atoms with Crippen LogP contribution in [0.3, 0.4) is 0 Å². The fraction of sp³-hybridized carbons (Fsp3) is 0.304. The van der Waals surface area contributed by atoms with Crippen molar-refractivity contribution in [3.8, 4) is 11.3 Å². The molecule has 4 heteroatoms. The highest BCUT2D eigenvalue weighted by Gasteiger charge is 2.15. The zero-order valence-electron chi connectivity index (χ0n) is 16.5. The number of carbonyl (C=O) groups excluding carboxylic acids is 1. The molecule has 1 heterocycles. The molecule has 0 unspecified atom stereocenters. The molecule has 0 saturated heterocycles. The average molecular weight is 379 g/mol. The molecule has 140 valence electrons. The van der Waals surface area contributed by atoms with Crippen molar-refractivity contribution in [2.45, 2.75) is 46.0 Å². The van der Waals surface area contributed by atoms with E-state index in [4.69, 9.17) is 0 Å². The van der Waals surface area contributed by atoms with E-state index in [0.29, 0.717) is 16.6 Å². The maximum atomic E-state index is 12.5. The fourth-order valence-corrected chi connectivity index (χ4v) is 3.51. The average Bonchev–Trinajstić information content (AvgIpc) is 3.09. The Morgan fingerprint density at radius 3 is 2.19 bits per heavy atom. The van der Waals surface area contributed by atoms with Crippen molar-refractivity contribution < 1.29 is 4.79 Å². The third-order valence-corrected chi connectivity index (χ3v) is 5.37. The van der Waals surface area contributed by atoms with Gasteiger partial charge in [0.25, 0.3) is 5.91 Å². The summed E-state index contributed by atoms with van der Waals surface area (Å²) in [5, 5.41) is 5.49. The lowest BCUT2D eigenvalue weighted by Crippen LogP contribution is -2.14. The first-order valence-corrected chi connectivity index (χ1v) is 10.1. The lowest BCUT2D eigenvalue weighted by atomic mass is 9.87. The van der Waals surface area contributed by atoms with Crippen molar-refractivity contribution >= 4 is 22.4 Å². The minimum absolute atomic E-state index is 0.0737. The number of rotatable bonds is 4. The van der Waals surface area contributed by atoms with Gasteiger partial charge in [0.05, 0.1) is 5.69 Å². The molecule has 0 radical (unpaired) electrons. The van der Waals surface area contributed by atoms with E-state index in [0.717, 1.165) is 11.3 Å². The third kappa shape index (κ3) is 4.64. The largest absolute Gasteiger partial charge is 0.298 e. The Morgan fingerprint density at radius 1 is 1.00 bits per heavy atom. The molecule has 1 aromatic heterocycles. The molecule has 0 aliphatic carbocycles. The van der Waals surface area contributed by atoms with Gasteiger partial charge in [0, 0.05) is 16.5 Å². The molecule has 27 heavy (non-hydrogen) atoms. The zero-order chi connectivity index (χ0) is 19.6. The molecule has 3 rings (SSSR count). The molecule has 0 aliphatic heterocycles. The minimum Gasteiger partial charge on any atom is -0.298 e. The number of anilines is 1. The molecule has 0 spiro atoms.